The maximum Gasteiger partial charge on any atom is 0.346 e. The Bertz CT molecular complexity index is 1150. The number of anilines is 2. The van der Waals surface area contributed by atoms with Gasteiger partial charge in [-0.2, -0.15) is 0 Å². The molecule has 2 aromatic carbocycles. The van der Waals surface area contributed by atoms with Crippen molar-refractivity contribution < 1.29 is 9.15 Å². The molecule has 4 aromatic rings. The lowest BCUT2D eigenvalue weighted by atomic mass is 10.1. The minimum atomic E-state index is -0.470. The summed E-state index contributed by atoms with van der Waals surface area (Å²) < 4.78 is 10.7. The van der Waals surface area contributed by atoms with Crippen molar-refractivity contribution >= 4 is 33.1 Å². The van der Waals surface area contributed by atoms with Crippen molar-refractivity contribution in [1.82, 2.24) is 10.2 Å². The first-order chi connectivity index (χ1) is 13.2. The van der Waals surface area contributed by atoms with Crippen LogP contribution in [0.5, 0.6) is 5.75 Å². The fourth-order valence-corrected chi connectivity index (χ4v) is 3.52. The van der Waals surface area contributed by atoms with Crippen LogP contribution in [-0.2, 0) is 6.42 Å². The zero-order valence-electron chi connectivity index (χ0n) is 14.9. The number of fused-ring (bicyclic) bond motifs is 1. The largest absolute Gasteiger partial charge is 0.493 e. The Morgan fingerprint density at radius 3 is 2.70 bits per heavy atom. The number of hydrogen-bond donors (Lipinski definition) is 1. The standard InChI is InChI=1S/C20H17N3O3S/c1-3-12-7-9-14(10-8-12)21-20-23-22-18(27-20)15-11-13-5-4-6-16(25-2)17(13)26-19(15)24/h4-11H,3H2,1-2H3,(H,21,23). The summed E-state index contributed by atoms with van der Waals surface area (Å²) in [7, 11) is 1.54. The molecule has 136 valence electrons. The van der Waals surface area contributed by atoms with E-state index in [0.717, 1.165) is 17.5 Å². The molecule has 0 amide bonds. The number of methoxy groups -OCH3 is 1. The number of hydrogen-bond acceptors (Lipinski definition) is 7. The molecule has 0 aliphatic heterocycles. The molecule has 7 heteroatoms. The van der Waals surface area contributed by atoms with E-state index in [2.05, 4.69) is 34.6 Å². The third kappa shape index (κ3) is 3.41. The zero-order chi connectivity index (χ0) is 18.8. The van der Waals surface area contributed by atoms with Crippen molar-refractivity contribution in [1.29, 1.82) is 0 Å². The average molecular weight is 379 g/mol. The molecular weight excluding hydrogens is 362 g/mol. The van der Waals surface area contributed by atoms with Gasteiger partial charge in [-0.3, -0.25) is 0 Å². The topological polar surface area (TPSA) is 77.2 Å². The number of benzene rings is 2. The zero-order valence-corrected chi connectivity index (χ0v) is 15.7. The molecule has 2 aromatic heterocycles. The van der Waals surface area contributed by atoms with Gasteiger partial charge in [0, 0.05) is 11.1 Å². The molecular formula is C20H17N3O3S. The molecule has 0 aliphatic rings. The van der Waals surface area contributed by atoms with Gasteiger partial charge in [0.2, 0.25) is 5.13 Å². The van der Waals surface area contributed by atoms with Gasteiger partial charge < -0.3 is 14.5 Å². The smallest absolute Gasteiger partial charge is 0.346 e. The van der Waals surface area contributed by atoms with E-state index in [4.69, 9.17) is 9.15 Å². The Kier molecular flexibility index (Phi) is 4.60. The minimum absolute atomic E-state index is 0.377. The lowest BCUT2D eigenvalue weighted by Gasteiger charge is -2.04. The highest BCUT2D eigenvalue weighted by Gasteiger charge is 2.15. The highest BCUT2D eigenvalue weighted by molar-refractivity contribution is 7.18. The third-order valence-electron chi connectivity index (χ3n) is 4.21. The molecule has 0 spiro atoms. The maximum absolute atomic E-state index is 12.4. The molecule has 0 radical (unpaired) electrons. The summed E-state index contributed by atoms with van der Waals surface area (Å²) in [5.41, 5.74) is 2.52. The van der Waals surface area contributed by atoms with E-state index in [1.54, 1.807) is 19.2 Å². The van der Waals surface area contributed by atoms with Crippen molar-refractivity contribution in [3.63, 3.8) is 0 Å². The maximum atomic E-state index is 12.4. The molecule has 0 bridgehead atoms. The van der Waals surface area contributed by atoms with E-state index in [1.807, 2.05) is 24.3 Å². The van der Waals surface area contributed by atoms with E-state index in [1.165, 1.54) is 16.9 Å². The van der Waals surface area contributed by atoms with Gasteiger partial charge in [0.1, 0.15) is 0 Å². The fraction of sp³-hybridized carbons (Fsp3) is 0.150. The summed E-state index contributed by atoms with van der Waals surface area (Å²) in [5.74, 6) is 0.520. The number of para-hydroxylation sites is 1. The van der Waals surface area contributed by atoms with E-state index in [-0.39, 0.29) is 0 Å². The molecule has 0 fully saturated rings. The molecule has 0 aliphatic carbocycles. The van der Waals surface area contributed by atoms with Crippen LogP contribution in [0.25, 0.3) is 21.5 Å². The van der Waals surface area contributed by atoms with Crippen LogP contribution in [-0.4, -0.2) is 17.3 Å². The van der Waals surface area contributed by atoms with Crippen LogP contribution < -0.4 is 15.7 Å². The number of rotatable bonds is 5. The molecule has 6 nitrogen and oxygen atoms in total. The molecule has 0 saturated heterocycles. The lowest BCUT2D eigenvalue weighted by Crippen LogP contribution is -2.03. The second-order valence-corrected chi connectivity index (χ2v) is 6.89. The number of nitrogens with one attached hydrogen (secondary N) is 1. The Balaban J connectivity index is 1.66. The van der Waals surface area contributed by atoms with Crippen molar-refractivity contribution in [2.45, 2.75) is 13.3 Å². The van der Waals surface area contributed by atoms with Gasteiger partial charge in [0.25, 0.3) is 0 Å². The van der Waals surface area contributed by atoms with Crippen LogP contribution in [0.4, 0.5) is 10.8 Å². The predicted molar refractivity (Wildman–Crippen MR) is 107 cm³/mol. The van der Waals surface area contributed by atoms with E-state index in [0.29, 0.717) is 27.0 Å². The first-order valence-corrected chi connectivity index (χ1v) is 9.30. The molecule has 27 heavy (non-hydrogen) atoms. The normalized spacial score (nSPS) is 10.9. The molecule has 0 unspecified atom stereocenters. The summed E-state index contributed by atoms with van der Waals surface area (Å²) in [6, 6.07) is 15.3. The summed E-state index contributed by atoms with van der Waals surface area (Å²) >= 11 is 1.30. The van der Waals surface area contributed by atoms with Gasteiger partial charge >= 0.3 is 5.63 Å². The van der Waals surface area contributed by atoms with Crippen LogP contribution in [0.2, 0.25) is 0 Å². The highest BCUT2D eigenvalue weighted by Crippen LogP contribution is 2.30. The molecule has 0 saturated carbocycles. The van der Waals surface area contributed by atoms with Crippen LogP contribution in [0.1, 0.15) is 12.5 Å². The van der Waals surface area contributed by atoms with Gasteiger partial charge in [-0.05, 0) is 36.2 Å². The summed E-state index contributed by atoms with van der Waals surface area (Å²) in [6.45, 7) is 2.12. The first-order valence-electron chi connectivity index (χ1n) is 8.48. The van der Waals surface area contributed by atoms with Crippen molar-refractivity contribution in [3.8, 4) is 16.3 Å². The van der Waals surface area contributed by atoms with Crippen LogP contribution >= 0.6 is 11.3 Å². The monoisotopic (exact) mass is 379 g/mol. The average Bonchev–Trinajstić information content (AvgIpc) is 3.16. The Hall–Kier alpha value is -3.19. The van der Waals surface area contributed by atoms with Crippen molar-refractivity contribution in [2.75, 3.05) is 12.4 Å². The number of nitrogens with zero attached hydrogens (tertiary/aromatic N) is 2. The summed E-state index contributed by atoms with van der Waals surface area (Å²) in [6.07, 6.45) is 0.992. The van der Waals surface area contributed by atoms with E-state index >= 15 is 0 Å². The highest BCUT2D eigenvalue weighted by atomic mass is 32.1. The van der Waals surface area contributed by atoms with Crippen molar-refractivity contribution in [2.24, 2.45) is 0 Å². The molecule has 4 rings (SSSR count). The fourth-order valence-electron chi connectivity index (χ4n) is 2.76. The van der Waals surface area contributed by atoms with E-state index < -0.39 is 5.63 Å². The van der Waals surface area contributed by atoms with Gasteiger partial charge in [0.15, 0.2) is 16.3 Å². The lowest BCUT2D eigenvalue weighted by molar-refractivity contribution is 0.407. The summed E-state index contributed by atoms with van der Waals surface area (Å²) in [5, 5.41) is 13.4. The Morgan fingerprint density at radius 1 is 1.15 bits per heavy atom. The quantitative estimate of drug-likeness (QED) is 0.510. The second-order valence-electron chi connectivity index (χ2n) is 5.91. The molecule has 1 N–H and O–H groups in total. The number of aryl methyl sites for hydroxylation is 1. The third-order valence-corrected chi connectivity index (χ3v) is 5.08. The van der Waals surface area contributed by atoms with Crippen LogP contribution in [0.3, 0.4) is 0 Å². The van der Waals surface area contributed by atoms with Crippen LogP contribution in [0.15, 0.2) is 57.7 Å². The van der Waals surface area contributed by atoms with Gasteiger partial charge in [-0.1, -0.05) is 42.5 Å². The number of ether oxygens (including phenoxy) is 1. The van der Waals surface area contributed by atoms with Gasteiger partial charge in [-0.15, -0.1) is 10.2 Å². The summed E-state index contributed by atoms with van der Waals surface area (Å²) in [4.78, 5) is 12.4. The van der Waals surface area contributed by atoms with Crippen molar-refractivity contribution in [3.05, 3.63) is 64.5 Å². The van der Waals surface area contributed by atoms with Gasteiger partial charge in [-0.25, -0.2) is 4.79 Å². The second kappa shape index (κ2) is 7.20. The molecule has 0 atom stereocenters. The van der Waals surface area contributed by atoms with E-state index in [9.17, 15) is 4.79 Å². The molecule has 2 heterocycles. The minimum Gasteiger partial charge on any atom is -0.493 e. The SMILES string of the molecule is CCc1ccc(Nc2nnc(-c3cc4cccc(OC)c4oc3=O)s2)cc1. The van der Waals surface area contributed by atoms with Gasteiger partial charge in [0.05, 0.1) is 12.7 Å². The first kappa shape index (κ1) is 17.2. The predicted octanol–water partition coefficient (Wildman–Crippen LogP) is 4.63. The van der Waals surface area contributed by atoms with Crippen LogP contribution in [0, 0.1) is 0 Å². The Morgan fingerprint density at radius 2 is 1.96 bits per heavy atom. The Labute approximate surface area is 159 Å². The number of aromatic nitrogens is 2.